The molecule has 0 unspecified atom stereocenters. The topological polar surface area (TPSA) is 35.5 Å². The van der Waals surface area contributed by atoms with E-state index in [1.54, 1.807) is 13.8 Å². The fourth-order valence-corrected chi connectivity index (χ4v) is 4.43. The molecule has 0 rings (SSSR count). The first-order chi connectivity index (χ1) is 6.08. The molecule has 0 atom stereocenters. The van der Waals surface area contributed by atoms with Crippen molar-refractivity contribution < 1.29 is 13.6 Å². The SMILES string of the molecule is CCOP(=O)(OCC)S/C(Cl)=C/Cl. The number of rotatable bonds is 6. The maximum absolute atomic E-state index is 11.7. The van der Waals surface area contributed by atoms with Crippen LogP contribution in [0.4, 0.5) is 0 Å². The minimum Gasteiger partial charge on any atom is -0.301 e. The van der Waals surface area contributed by atoms with Crippen LogP contribution in [0, 0.1) is 0 Å². The van der Waals surface area contributed by atoms with E-state index in [9.17, 15) is 4.57 Å². The summed E-state index contributed by atoms with van der Waals surface area (Å²) >= 11 is 11.7. The third-order valence-corrected chi connectivity index (χ3v) is 5.54. The molecule has 7 heteroatoms. The van der Waals surface area contributed by atoms with Crippen LogP contribution in [0.1, 0.15) is 13.8 Å². The molecule has 0 N–H and O–H groups in total. The lowest BCUT2D eigenvalue weighted by molar-refractivity contribution is 0.237. The van der Waals surface area contributed by atoms with Crippen molar-refractivity contribution in [2.75, 3.05) is 13.2 Å². The van der Waals surface area contributed by atoms with Gasteiger partial charge in [-0.25, -0.2) is 4.57 Å². The summed E-state index contributed by atoms with van der Waals surface area (Å²) in [6.07, 6.45) is 0. The highest BCUT2D eigenvalue weighted by molar-refractivity contribution is 8.57. The molecule has 0 heterocycles. The van der Waals surface area contributed by atoms with Crippen molar-refractivity contribution in [2.24, 2.45) is 0 Å². The fraction of sp³-hybridized carbons (Fsp3) is 0.667. The van der Waals surface area contributed by atoms with Gasteiger partial charge in [-0.15, -0.1) is 0 Å². The first-order valence-electron chi connectivity index (χ1n) is 3.62. The Balaban J connectivity index is 4.32. The van der Waals surface area contributed by atoms with Crippen LogP contribution in [0.2, 0.25) is 0 Å². The van der Waals surface area contributed by atoms with Gasteiger partial charge in [-0.3, -0.25) is 0 Å². The predicted octanol–water partition coefficient (Wildman–Crippen LogP) is 4.18. The van der Waals surface area contributed by atoms with Crippen LogP contribution in [0.5, 0.6) is 0 Å². The van der Waals surface area contributed by atoms with E-state index in [1.165, 1.54) is 0 Å². The molecule has 0 aromatic carbocycles. The van der Waals surface area contributed by atoms with E-state index >= 15 is 0 Å². The zero-order valence-corrected chi connectivity index (χ0v) is 10.6. The molecular formula is C6H11Cl2O3PS. The first-order valence-corrected chi connectivity index (χ1v) is 7.40. The summed E-state index contributed by atoms with van der Waals surface area (Å²) in [7, 11) is 0. The Labute approximate surface area is 92.0 Å². The van der Waals surface area contributed by atoms with E-state index in [1.807, 2.05) is 0 Å². The lowest BCUT2D eigenvalue weighted by atomic mass is 10.9. The van der Waals surface area contributed by atoms with Crippen molar-refractivity contribution in [3.8, 4) is 0 Å². The molecule has 13 heavy (non-hydrogen) atoms. The van der Waals surface area contributed by atoms with Crippen molar-refractivity contribution in [3.63, 3.8) is 0 Å². The predicted molar refractivity (Wildman–Crippen MR) is 58.2 cm³/mol. The highest BCUT2D eigenvalue weighted by Gasteiger charge is 2.26. The van der Waals surface area contributed by atoms with E-state index in [-0.39, 0.29) is 4.36 Å². The average molecular weight is 265 g/mol. The van der Waals surface area contributed by atoms with E-state index in [0.717, 1.165) is 16.9 Å². The second-order valence-electron chi connectivity index (χ2n) is 1.79. The molecule has 3 nitrogen and oxygen atoms in total. The largest absolute Gasteiger partial charge is 0.394 e. The minimum atomic E-state index is -3.16. The molecule has 0 aliphatic rings. The zero-order valence-electron chi connectivity index (χ0n) is 7.33. The molecule has 0 radical (unpaired) electrons. The van der Waals surface area contributed by atoms with Gasteiger partial charge in [0.2, 0.25) is 0 Å². The van der Waals surface area contributed by atoms with Crippen LogP contribution < -0.4 is 0 Å². The Bertz CT molecular complexity index is 212. The molecule has 78 valence electrons. The summed E-state index contributed by atoms with van der Waals surface area (Å²) in [4.78, 5) is 0. The summed E-state index contributed by atoms with van der Waals surface area (Å²) in [6.45, 7) is 0.898. The third-order valence-electron chi connectivity index (χ3n) is 0.859. The second kappa shape index (κ2) is 7.16. The van der Waals surface area contributed by atoms with Crippen LogP contribution in [0.15, 0.2) is 9.90 Å². The molecule has 0 aromatic rings. The highest BCUT2D eigenvalue weighted by Crippen LogP contribution is 2.64. The molecule has 0 bridgehead atoms. The van der Waals surface area contributed by atoms with Gasteiger partial charge in [-0.05, 0) is 13.8 Å². The molecule has 0 spiro atoms. The van der Waals surface area contributed by atoms with Gasteiger partial charge in [0.05, 0.1) is 17.6 Å². The van der Waals surface area contributed by atoms with Gasteiger partial charge in [-0.1, -0.05) is 23.2 Å². The quantitative estimate of drug-likeness (QED) is 0.675. The number of hydrogen-bond donors (Lipinski definition) is 0. The van der Waals surface area contributed by atoms with Crippen molar-refractivity contribution in [2.45, 2.75) is 13.8 Å². The van der Waals surface area contributed by atoms with Gasteiger partial charge in [-0.2, -0.15) is 0 Å². The number of hydrogen-bond acceptors (Lipinski definition) is 4. The van der Waals surface area contributed by atoms with Crippen LogP contribution in [-0.4, -0.2) is 13.2 Å². The Hall–Kier alpha value is 0.820. The minimum absolute atomic E-state index is 0.187. The molecule has 0 saturated heterocycles. The lowest BCUT2D eigenvalue weighted by Crippen LogP contribution is -1.91. The third kappa shape index (κ3) is 6.00. The maximum atomic E-state index is 11.7. The highest BCUT2D eigenvalue weighted by atomic mass is 35.5. The summed E-state index contributed by atoms with van der Waals surface area (Å²) in [5, 5.41) is 0. The standard InChI is InChI=1S/C6H11Cl2O3PS/c1-3-10-12(9,11-4-2)13-6(8)5-7/h5H,3-4H2,1-2H3/b6-5+. The fourth-order valence-electron chi connectivity index (χ4n) is 0.533. The molecule has 0 aliphatic heterocycles. The van der Waals surface area contributed by atoms with E-state index in [4.69, 9.17) is 32.2 Å². The monoisotopic (exact) mass is 264 g/mol. The van der Waals surface area contributed by atoms with Crippen molar-refractivity contribution >= 4 is 41.4 Å². The van der Waals surface area contributed by atoms with Crippen molar-refractivity contribution in [3.05, 3.63) is 9.90 Å². The summed E-state index contributed by atoms with van der Waals surface area (Å²) < 4.78 is 21.8. The van der Waals surface area contributed by atoms with E-state index in [0.29, 0.717) is 13.2 Å². The molecule has 0 saturated carbocycles. The van der Waals surface area contributed by atoms with Gasteiger partial charge in [0.15, 0.2) is 0 Å². The summed E-state index contributed by atoms with van der Waals surface area (Å²) in [5.41, 5.74) is 1.12. The smallest absolute Gasteiger partial charge is 0.301 e. The Morgan fingerprint density at radius 3 is 2.23 bits per heavy atom. The van der Waals surface area contributed by atoms with Crippen LogP contribution in [0.3, 0.4) is 0 Å². The molecule has 0 fully saturated rings. The van der Waals surface area contributed by atoms with Crippen molar-refractivity contribution in [1.82, 2.24) is 0 Å². The normalized spacial score (nSPS) is 13.4. The van der Waals surface area contributed by atoms with E-state index in [2.05, 4.69) is 0 Å². The van der Waals surface area contributed by atoms with Gasteiger partial charge < -0.3 is 9.05 Å². The molecule has 0 aliphatic carbocycles. The Morgan fingerprint density at radius 1 is 1.46 bits per heavy atom. The van der Waals surface area contributed by atoms with E-state index < -0.39 is 6.80 Å². The van der Waals surface area contributed by atoms with Crippen LogP contribution >= 0.6 is 41.4 Å². The van der Waals surface area contributed by atoms with Crippen molar-refractivity contribution in [1.29, 1.82) is 0 Å². The second-order valence-corrected chi connectivity index (χ2v) is 6.56. The van der Waals surface area contributed by atoms with Gasteiger partial charge in [0.1, 0.15) is 0 Å². The summed E-state index contributed by atoms with van der Waals surface area (Å²) in [5.74, 6) is 0. The summed E-state index contributed by atoms with van der Waals surface area (Å²) in [6, 6.07) is 0. The van der Waals surface area contributed by atoms with Crippen LogP contribution in [-0.2, 0) is 13.6 Å². The van der Waals surface area contributed by atoms with Gasteiger partial charge in [0, 0.05) is 16.9 Å². The molecule has 0 aromatic heterocycles. The Morgan fingerprint density at radius 2 is 1.92 bits per heavy atom. The maximum Gasteiger partial charge on any atom is 0.394 e. The van der Waals surface area contributed by atoms with Crippen LogP contribution in [0.25, 0.3) is 0 Å². The first kappa shape index (κ1) is 13.8. The van der Waals surface area contributed by atoms with Gasteiger partial charge >= 0.3 is 6.80 Å². The molecule has 0 amide bonds. The number of halogens is 2. The average Bonchev–Trinajstić information content (AvgIpc) is 2.04. The lowest BCUT2D eigenvalue weighted by Gasteiger charge is -2.14. The van der Waals surface area contributed by atoms with Gasteiger partial charge in [0.25, 0.3) is 0 Å². The molecular weight excluding hydrogens is 254 g/mol. The zero-order chi connectivity index (χ0) is 10.3. The Kier molecular flexibility index (Phi) is 7.61.